The van der Waals surface area contributed by atoms with Crippen LogP contribution in [-0.2, 0) is 14.2 Å². The van der Waals surface area contributed by atoms with Crippen molar-refractivity contribution in [3.05, 3.63) is 0 Å². The Hall–Kier alpha value is -0.810. The highest BCUT2D eigenvalue weighted by Gasteiger charge is 2.28. The van der Waals surface area contributed by atoms with Crippen molar-refractivity contribution in [3.8, 4) is 0 Å². The molecule has 1 aliphatic heterocycles. The first kappa shape index (κ1) is 9.28. The second-order valence-electron chi connectivity index (χ2n) is 2.61. The summed E-state index contributed by atoms with van der Waals surface area (Å²) in [5.41, 5.74) is 4.88. The molecular weight excluding hydrogens is 162 g/mol. The van der Waals surface area contributed by atoms with Gasteiger partial charge in [-0.3, -0.25) is 0 Å². The van der Waals surface area contributed by atoms with Gasteiger partial charge in [-0.2, -0.15) is 0 Å². The molecule has 0 bridgehead atoms. The maximum Gasteiger partial charge on any atom is 0.404 e. The highest BCUT2D eigenvalue weighted by molar-refractivity contribution is 5.64. The summed E-state index contributed by atoms with van der Waals surface area (Å²) in [5.74, 6) is 0. The van der Waals surface area contributed by atoms with Gasteiger partial charge in [-0.25, -0.2) is 4.79 Å². The normalized spacial score (nSPS) is 29.8. The molecule has 0 aromatic rings. The Kier molecular flexibility index (Phi) is 3.31. The summed E-state index contributed by atoms with van der Waals surface area (Å²) in [6, 6.07) is 0. The first-order valence-corrected chi connectivity index (χ1v) is 3.80. The molecular formula is C7H13NO4. The topological polar surface area (TPSA) is 70.8 Å². The molecule has 70 valence electrons. The van der Waals surface area contributed by atoms with Crippen molar-refractivity contribution in [1.29, 1.82) is 0 Å². The molecule has 12 heavy (non-hydrogen) atoms. The first-order valence-electron chi connectivity index (χ1n) is 3.80. The number of nitrogens with two attached hydrogens (primary N) is 1. The lowest BCUT2D eigenvalue weighted by Crippen LogP contribution is -2.42. The predicted octanol–water partition coefficient (Wildman–Crippen LogP) is -0.114. The highest BCUT2D eigenvalue weighted by Crippen LogP contribution is 2.13. The van der Waals surface area contributed by atoms with Crippen LogP contribution in [0.4, 0.5) is 4.79 Å². The molecule has 1 fully saturated rings. The van der Waals surface area contributed by atoms with E-state index < -0.39 is 6.09 Å². The van der Waals surface area contributed by atoms with E-state index in [-0.39, 0.29) is 12.2 Å². The summed E-state index contributed by atoms with van der Waals surface area (Å²) >= 11 is 0. The molecule has 0 spiro atoms. The second kappa shape index (κ2) is 4.27. The van der Waals surface area contributed by atoms with Crippen molar-refractivity contribution in [2.75, 3.05) is 20.3 Å². The molecule has 0 aliphatic carbocycles. The standard InChI is InChI=1S/C7H13NO4/c1-10-6-4-11-3-2-5(6)12-7(8)9/h5-6H,2-4H2,1H3,(H2,8,9). The fourth-order valence-corrected chi connectivity index (χ4v) is 1.20. The van der Waals surface area contributed by atoms with Gasteiger partial charge in [0.05, 0.1) is 13.2 Å². The van der Waals surface area contributed by atoms with Gasteiger partial charge in [-0.15, -0.1) is 0 Å². The zero-order valence-corrected chi connectivity index (χ0v) is 6.99. The van der Waals surface area contributed by atoms with Crippen molar-refractivity contribution in [2.24, 2.45) is 5.73 Å². The summed E-state index contributed by atoms with van der Waals surface area (Å²) in [7, 11) is 1.55. The van der Waals surface area contributed by atoms with E-state index >= 15 is 0 Å². The number of hydrogen-bond donors (Lipinski definition) is 1. The van der Waals surface area contributed by atoms with Gasteiger partial charge in [-0.05, 0) is 0 Å². The SMILES string of the molecule is COC1COCCC1OC(N)=O. The number of hydrogen-bond acceptors (Lipinski definition) is 4. The van der Waals surface area contributed by atoms with Gasteiger partial charge in [0.25, 0.3) is 0 Å². The van der Waals surface area contributed by atoms with E-state index in [0.717, 1.165) is 0 Å². The minimum Gasteiger partial charge on any atom is -0.443 e. The third kappa shape index (κ3) is 2.35. The fraction of sp³-hybridized carbons (Fsp3) is 0.857. The summed E-state index contributed by atoms with van der Waals surface area (Å²) in [5, 5.41) is 0. The quantitative estimate of drug-likeness (QED) is 0.635. The maximum atomic E-state index is 10.4. The van der Waals surface area contributed by atoms with E-state index in [1.54, 1.807) is 7.11 Å². The molecule has 2 unspecified atom stereocenters. The molecule has 1 rings (SSSR count). The molecule has 5 heteroatoms. The molecule has 2 N–H and O–H groups in total. The number of carbonyl (C=O) groups is 1. The van der Waals surface area contributed by atoms with Crippen molar-refractivity contribution in [2.45, 2.75) is 18.6 Å². The minimum absolute atomic E-state index is 0.189. The number of primary amides is 1. The van der Waals surface area contributed by atoms with Gasteiger partial charge in [0, 0.05) is 13.5 Å². The van der Waals surface area contributed by atoms with Crippen LogP contribution in [0.25, 0.3) is 0 Å². The summed E-state index contributed by atoms with van der Waals surface area (Å²) < 4.78 is 15.0. The second-order valence-corrected chi connectivity index (χ2v) is 2.61. The van der Waals surface area contributed by atoms with Gasteiger partial charge >= 0.3 is 6.09 Å². The van der Waals surface area contributed by atoms with Gasteiger partial charge < -0.3 is 19.9 Å². The van der Waals surface area contributed by atoms with E-state index in [2.05, 4.69) is 0 Å². The van der Waals surface area contributed by atoms with Crippen LogP contribution in [0, 0.1) is 0 Å². The molecule has 1 aliphatic rings. The summed E-state index contributed by atoms with van der Waals surface area (Å²) in [6.45, 7) is 1.03. The van der Waals surface area contributed by atoms with Crippen molar-refractivity contribution < 1.29 is 19.0 Å². The van der Waals surface area contributed by atoms with Crippen LogP contribution in [-0.4, -0.2) is 38.6 Å². The average molecular weight is 175 g/mol. The van der Waals surface area contributed by atoms with Gasteiger partial charge in [0.15, 0.2) is 0 Å². The van der Waals surface area contributed by atoms with E-state index in [9.17, 15) is 4.79 Å². The Labute approximate surface area is 70.8 Å². The zero-order chi connectivity index (χ0) is 8.97. The molecule has 1 heterocycles. The van der Waals surface area contributed by atoms with Gasteiger partial charge in [0.2, 0.25) is 0 Å². The Morgan fingerprint density at radius 2 is 2.33 bits per heavy atom. The van der Waals surface area contributed by atoms with Crippen LogP contribution < -0.4 is 5.73 Å². The minimum atomic E-state index is -0.760. The Morgan fingerprint density at radius 3 is 2.92 bits per heavy atom. The van der Waals surface area contributed by atoms with Gasteiger partial charge in [-0.1, -0.05) is 0 Å². The average Bonchev–Trinajstić information content (AvgIpc) is 2.04. The lowest BCUT2D eigenvalue weighted by Gasteiger charge is -2.29. The van der Waals surface area contributed by atoms with E-state index in [1.165, 1.54) is 0 Å². The maximum absolute atomic E-state index is 10.4. The number of carbonyl (C=O) groups excluding carboxylic acids is 1. The summed E-state index contributed by atoms with van der Waals surface area (Å²) in [4.78, 5) is 10.4. The van der Waals surface area contributed by atoms with Gasteiger partial charge in [0.1, 0.15) is 12.2 Å². The van der Waals surface area contributed by atoms with Crippen molar-refractivity contribution >= 4 is 6.09 Å². The van der Waals surface area contributed by atoms with E-state index in [0.29, 0.717) is 19.6 Å². The van der Waals surface area contributed by atoms with E-state index in [4.69, 9.17) is 19.9 Å². The smallest absolute Gasteiger partial charge is 0.404 e. The Balaban J connectivity index is 2.41. The van der Waals surface area contributed by atoms with Crippen LogP contribution >= 0.6 is 0 Å². The Morgan fingerprint density at radius 1 is 1.58 bits per heavy atom. The predicted molar refractivity (Wildman–Crippen MR) is 40.7 cm³/mol. The van der Waals surface area contributed by atoms with Crippen molar-refractivity contribution in [1.82, 2.24) is 0 Å². The van der Waals surface area contributed by atoms with Crippen LogP contribution in [0.1, 0.15) is 6.42 Å². The fourth-order valence-electron chi connectivity index (χ4n) is 1.20. The first-order chi connectivity index (χ1) is 5.74. The summed E-state index contributed by atoms with van der Waals surface area (Å²) in [6.07, 6.45) is -0.571. The van der Waals surface area contributed by atoms with Crippen LogP contribution in [0.15, 0.2) is 0 Å². The lowest BCUT2D eigenvalue weighted by molar-refractivity contribution is -0.104. The number of ether oxygens (including phenoxy) is 3. The lowest BCUT2D eigenvalue weighted by atomic mass is 10.1. The molecule has 0 aromatic heterocycles. The molecule has 1 saturated heterocycles. The van der Waals surface area contributed by atoms with Crippen LogP contribution in [0.5, 0.6) is 0 Å². The molecule has 2 atom stereocenters. The molecule has 0 saturated carbocycles. The number of amides is 1. The number of rotatable bonds is 2. The number of methoxy groups -OCH3 is 1. The van der Waals surface area contributed by atoms with Crippen LogP contribution in [0.2, 0.25) is 0 Å². The molecule has 1 amide bonds. The molecule has 0 aromatic carbocycles. The van der Waals surface area contributed by atoms with E-state index in [1.807, 2.05) is 0 Å². The zero-order valence-electron chi connectivity index (χ0n) is 6.99. The van der Waals surface area contributed by atoms with Crippen LogP contribution in [0.3, 0.4) is 0 Å². The Bertz CT molecular complexity index is 161. The largest absolute Gasteiger partial charge is 0.443 e. The molecule has 0 radical (unpaired) electrons. The highest BCUT2D eigenvalue weighted by atomic mass is 16.6. The molecule has 5 nitrogen and oxygen atoms in total. The monoisotopic (exact) mass is 175 g/mol. The van der Waals surface area contributed by atoms with Crippen molar-refractivity contribution in [3.63, 3.8) is 0 Å². The third-order valence-electron chi connectivity index (χ3n) is 1.81. The third-order valence-corrected chi connectivity index (χ3v) is 1.81.